The van der Waals surface area contributed by atoms with Crippen molar-refractivity contribution in [2.45, 2.75) is 13.5 Å². The number of ketones is 1. The monoisotopic (exact) mass is 361 g/mol. The van der Waals surface area contributed by atoms with Crippen molar-refractivity contribution in [1.29, 1.82) is 5.26 Å². The van der Waals surface area contributed by atoms with E-state index in [0.29, 0.717) is 28.5 Å². The Morgan fingerprint density at radius 3 is 2.38 bits per heavy atom. The Hall–Kier alpha value is -3.16. The number of aromatic nitrogens is 2. The molecule has 128 valence electrons. The lowest BCUT2D eigenvalue weighted by molar-refractivity contribution is 0.104. The predicted octanol–water partition coefficient (Wildman–Crippen LogP) is 4.68. The van der Waals surface area contributed by atoms with Gasteiger partial charge in [-0.2, -0.15) is 10.4 Å². The largest absolute Gasteiger partial charge is 0.288 e. The van der Waals surface area contributed by atoms with Crippen LogP contribution in [0.25, 0.3) is 6.08 Å². The topological polar surface area (TPSA) is 58.7 Å². The fourth-order valence-electron chi connectivity index (χ4n) is 2.63. The van der Waals surface area contributed by atoms with E-state index in [1.165, 1.54) is 6.08 Å². The first-order valence-corrected chi connectivity index (χ1v) is 8.46. The number of hydrogen-bond acceptors (Lipinski definition) is 3. The minimum atomic E-state index is -0.334. The summed E-state index contributed by atoms with van der Waals surface area (Å²) in [6.45, 7) is 2.32. The molecule has 0 aliphatic rings. The number of Topliss-reactive ketones (excluding diaryl/α,β-unsaturated/α-hetero) is 1. The predicted molar refractivity (Wildman–Crippen MR) is 102 cm³/mol. The quantitative estimate of drug-likeness (QED) is 0.376. The highest BCUT2D eigenvalue weighted by atomic mass is 35.5. The zero-order valence-electron chi connectivity index (χ0n) is 14.2. The van der Waals surface area contributed by atoms with Gasteiger partial charge in [0.05, 0.1) is 12.2 Å². The molecule has 3 aromatic rings. The summed E-state index contributed by atoms with van der Waals surface area (Å²) in [6.07, 6.45) is 1.52. The van der Waals surface area contributed by atoms with Crippen LogP contribution in [-0.2, 0) is 6.54 Å². The molecule has 1 heterocycles. The Kier molecular flexibility index (Phi) is 5.31. The number of rotatable bonds is 5. The Morgan fingerprint density at radius 2 is 1.77 bits per heavy atom. The highest BCUT2D eigenvalue weighted by molar-refractivity contribution is 6.31. The maximum absolute atomic E-state index is 12.5. The van der Waals surface area contributed by atoms with E-state index >= 15 is 0 Å². The van der Waals surface area contributed by atoms with E-state index in [9.17, 15) is 10.1 Å². The second-order valence-electron chi connectivity index (χ2n) is 5.80. The molecule has 3 rings (SSSR count). The van der Waals surface area contributed by atoms with E-state index in [2.05, 4.69) is 5.10 Å². The maximum Gasteiger partial charge on any atom is 0.203 e. The second-order valence-corrected chi connectivity index (χ2v) is 6.16. The van der Waals surface area contributed by atoms with Gasteiger partial charge in [0.15, 0.2) is 0 Å². The third kappa shape index (κ3) is 3.74. The van der Waals surface area contributed by atoms with Crippen LogP contribution in [0.4, 0.5) is 0 Å². The van der Waals surface area contributed by atoms with E-state index < -0.39 is 0 Å². The van der Waals surface area contributed by atoms with Crippen molar-refractivity contribution in [3.63, 3.8) is 0 Å². The van der Waals surface area contributed by atoms with E-state index in [1.54, 1.807) is 35.9 Å². The molecular formula is C21H16ClN3O. The Balaban J connectivity index is 1.95. The maximum atomic E-state index is 12.5. The van der Waals surface area contributed by atoms with Crippen molar-refractivity contribution in [1.82, 2.24) is 9.78 Å². The van der Waals surface area contributed by atoms with Crippen LogP contribution in [0.3, 0.4) is 0 Å². The molecule has 0 radical (unpaired) electrons. The van der Waals surface area contributed by atoms with Crippen molar-refractivity contribution in [2.75, 3.05) is 0 Å². The van der Waals surface area contributed by atoms with Gasteiger partial charge in [0.2, 0.25) is 5.78 Å². The van der Waals surface area contributed by atoms with E-state index in [-0.39, 0.29) is 11.4 Å². The van der Waals surface area contributed by atoms with E-state index in [1.807, 2.05) is 42.5 Å². The Bertz CT molecular complexity index is 999. The normalized spacial score (nSPS) is 11.2. The summed E-state index contributed by atoms with van der Waals surface area (Å²) in [6, 6.07) is 20.5. The number of carbonyl (C=O) groups is 1. The van der Waals surface area contributed by atoms with Crippen LogP contribution in [0.5, 0.6) is 0 Å². The molecule has 0 N–H and O–H groups in total. The van der Waals surface area contributed by atoms with Crippen LogP contribution in [0, 0.1) is 18.3 Å². The summed E-state index contributed by atoms with van der Waals surface area (Å²) in [5, 5.41) is 14.3. The molecule has 5 heteroatoms. The molecule has 26 heavy (non-hydrogen) atoms. The highest BCUT2D eigenvalue weighted by Gasteiger charge is 2.17. The number of benzene rings is 2. The molecule has 0 amide bonds. The molecule has 0 atom stereocenters. The van der Waals surface area contributed by atoms with Crippen LogP contribution >= 0.6 is 11.6 Å². The average Bonchev–Trinajstić information content (AvgIpc) is 2.94. The molecule has 0 fully saturated rings. The number of carbonyl (C=O) groups excluding carboxylic acids is 1. The summed E-state index contributed by atoms with van der Waals surface area (Å²) in [5.74, 6) is -0.334. The third-order valence-electron chi connectivity index (χ3n) is 3.97. The molecule has 0 spiro atoms. The first-order chi connectivity index (χ1) is 12.6. The van der Waals surface area contributed by atoms with Crippen molar-refractivity contribution < 1.29 is 4.79 Å². The molecule has 2 aromatic carbocycles. The SMILES string of the molecule is Cc1nn(Cc2ccccc2)c(Cl)c1C=C(C#N)C(=O)c1ccccc1. The van der Waals surface area contributed by atoms with Crippen molar-refractivity contribution in [2.24, 2.45) is 0 Å². The fraction of sp³-hybridized carbons (Fsp3) is 0.0952. The number of halogens is 1. The molecule has 0 bridgehead atoms. The molecule has 4 nitrogen and oxygen atoms in total. The van der Waals surface area contributed by atoms with Gasteiger partial charge in [0, 0.05) is 11.1 Å². The van der Waals surface area contributed by atoms with Gasteiger partial charge in [-0.1, -0.05) is 72.3 Å². The summed E-state index contributed by atoms with van der Waals surface area (Å²) in [4.78, 5) is 12.5. The van der Waals surface area contributed by atoms with Gasteiger partial charge in [-0.3, -0.25) is 4.79 Å². The lowest BCUT2D eigenvalue weighted by Crippen LogP contribution is -2.02. The number of allylic oxidation sites excluding steroid dienone is 1. The smallest absolute Gasteiger partial charge is 0.203 e. The zero-order chi connectivity index (χ0) is 18.5. The van der Waals surface area contributed by atoms with Crippen LogP contribution in [0.15, 0.2) is 66.2 Å². The minimum Gasteiger partial charge on any atom is -0.288 e. The number of aryl methyl sites for hydroxylation is 1. The molecule has 0 aliphatic heterocycles. The van der Waals surface area contributed by atoms with Gasteiger partial charge in [-0.15, -0.1) is 0 Å². The summed E-state index contributed by atoms with van der Waals surface area (Å²) >= 11 is 6.47. The third-order valence-corrected chi connectivity index (χ3v) is 4.37. The fourth-order valence-corrected chi connectivity index (χ4v) is 2.92. The van der Waals surface area contributed by atoms with Crippen molar-refractivity contribution in [3.8, 4) is 6.07 Å². The van der Waals surface area contributed by atoms with Gasteiger partial charge >= 0.3 is 0 Å². The van der Waals surface area contributed by atoms with Crippen LogP contribution in [0.2, 0.25) is 5.15 Å². The van der Waals surface area contributed by atoms with Crippen LogP contribution in [-0.4, -0.2) is 15.6 Å². The average molecular weight is 362 g/mol. The number of nitriles is 1. The Morgan fingerprint density at radius 1 is 1.15 bits per heavy atom. The van der Waals surface area contributed by atoms with E-state index in [0.717, 1.165) is 5.56 Å². The van der Waals surface area contributed by atoms with Crippen molar-refractivity contribution in [3.05, 3.63) is 93.8 Å². The van der Waals surface area contributed by atoms with Gasteiger partial charge in [0.1, 0.15) is 16.8 Å². The van der Waals surface area contributed by atoms with Gasteiger partial charge < -0.3 is 0 Å². The summed E-state index contributed by atoms with van der Waals surface area (Å²) < 4.78 is 1.67. The second kappa shape index (κ2) is 7.81. The van der Waals surface area contributed by atoms with Crippen LogP contribution < -0.4 is 0 Å². The lowest BCUT2D eigenvalue weighted by Gasteiger charge is -2.03. The molecule has 1 aromatic heterocycles. The van der Waals surface area contributed by atoms with E-state index in [4.69, 9.17) is 11.6 Å². The highest BCUT2D eigenvalue weighted by Crippen LogP contribution is 2.24. The van der Waals surface area contributed by atoms with Crippen LogP contribution in [0.1, 0.15) is 27.2 Å². The van der Waals surface area contributed by atoms with Gasteiger partial charge in [-0.05, 0) is 18.6 Å². The molecule has 0 unspecified atom stereocenters. The lowest BCUT2D eigenvalue weighted by atomic mass is 10.0. The summed E-state index contributed by atoms with van der Waals surface area (Å²) in [7, 11) is 0. The first-order valence-electron chi connectivity index (χ1n) is 8.08. The zero-order valence-corrected chi connectivity index (χ0v) is 14.9. The standard InChI is InChI=1S/C21H16ClN3O/c1-15-19(12-18(13-23)20(26)17-10-6-3-7-11-17)21(22)25(24-15)14-16-8-4-2-5-9-16/h2-12H,14H2,1H3. The number of hydrogen-bond donors (Lipinski definition) is 0. The Labute approximate surface area is 157 Å². The van der Waals surface area contributed by atoms with Gasteiger partial charge in [0.25, 0.3) is 0 Å². The molecule has 0 saturated heterocycles. The molecule has 0 saturated carbocycles. The summed E-state index contributed by atoms with van der Waals surface area (Å²) in [5.41, 5.74) is 2.81. The number of nitrogens with zero attached hydrogens (tertiary/aromatic N) is 3. The first kappa shape index (κ1) is 17.7. The molecule has 0 aliphatic carbocycles. The minimum absolute atomic E-state index is 0.0282. The van der Waals surface area contributed by atoms with Gasteiger partial charge in [-0.25, -0.2) is 4.68 Å². The molecular weight excluding hydrogens is 346 g/mol. The van der Waals surface area contributed by atoms with Crippen molar-refractivity contribution >= 4 is 23.5 Å².